The molecule has 0 unspecified atom stereocenters. The third kappa shape index (κ3) is 3.82. The molecule has 0 amide bonds. The largest absolute Gasteiger partial charge is 0.382 e. The molecule has 2 aromatic heterocycles. The Morgan fingerprint density at radius 1 is 1.39 bits per heavy atom. The predicted octanol–water partition coefficient (Wildman–Crippen LogP) is 2.42. The Morgan fingerprint density at radius 3 is 3.04 bits per heavy atom. The van der Waals surface area contributed by atoms with Gasteiger partial charge < -0.3 is 14.4 Å². The van der Waals surface area contributed by atoms with Crippen LogP contribution in [0.3, 0.4) is 0 Å². The monoisotopic (exact) mass is 447 g/mol. The summed E-state index contributed by atoms with van der Waals surface area (Å²) in [6, 6.07) is 5.92. The first kappa shape index (κ1) is 19.1. The lowest BCUT2D eigenvalue weighted by Crippen LogP contribution is -2.30. The SMILES string of the molecule is COC[C@H]1CCN(c2nc3nn(-c4ccc(Br)cc4C)cc3c(=O)[nH]2)CCO1. The summed E-state index contributed by atoms with van der Waals surface area (Å²) in [5.41, 5.74) is 2.19. The number of aryl methyl sites for hydroxylation is 1. The quantitative estimate of drug-likeness (QED) is 0.660. The second-order valence-corrected chi connectivity index (χ2v) is 7.77. The van der Waals surface area contributed by atoms with Crippen LogP contribution in [0.15, 0.2) is 33.7 Å². The summed E-state index contributed by atoms with van der Waals surface area (Å²) in [5, 5.41) is 5.02. The first-order valence-corrected chi connectivity index (χ1v) is 9.96. The van der Waals surface area contributed by atoms with Crippen LogP contribution in [0.5, 0.6) is 0 Å². The number of halogens is 1. The molecule has 0 spiro atoms. The smallest absolute Gasteiger partial charge is 0.263 e. The van der Waals surface area contributed by atoms with Crippen molar-refractivity contribution in [3.63, 3.8) is 0 Å². The van der Waals surface area contributed by atoms with Gasteiger partial charge in [0.2, 0.25) is 5.95 Å². The number of anilines is 1. The average molecular weight is 448 g/mol. The molecule has 28 heavy (non-hydrogen) atoms. The normalized spacial score (nSPS) is 17.8. The highest BCUT2D eigenvalue weighted by Crippen LogP contribution is 2.21. The molecule has 1 saturated heterocycles. The fourth-order valence-corrected chi connectivity index (χ4v) is 3.88. The van der Waals surface area contributed by atoms with Gasteiger partial charge in [-0.15, -0.1) is 5.10 Å². The van der Waals surface area contributed by atoms with Crippen LogP contribution in [0.1, 0.15) is 12.0 Å². The number of aromatic amines is 1. The van der Waals surface area contributed by atoms with Crippen molar-refractivity contribution >= 4 is 32.9 Å². The first-order valence-electron chi connectivity index (χ1n) is 9.17. The Morgan fingerprint density at radius 2 is 2.25 bits per heavy atom. The molecule has 0 bridgehead atoms. The Hall–Kier alpha value is -2.23. The lowest BCUT2D eigenvalue weighted by Gasteiger charge is -2.19. The van der Waals surface area contributed by atoms with Gasteiger partial charge in [-0.3, -0.25) is 9.78 Å². The van der Waals surface area contributed by atoms with Crippen molar-refractivity contribution in [1.82, 2.24) is 19.7 Å². The van der Waals surface area contributed by atoms with E-state index in [1.54, 1.807) is 18.0 Å². The van der Waals surface area contributed by atoms with Crippen LogP contribution in [-0.2, 0) is 9.47 Å². The molecule has 1 N–H and O–H groups in total. The van der Waals surface area contributed by atoms with Crippen molar-refractivity contribution < 1.29 is 9.47 Å². The zero-order valence-electron chi connectivity index (χ0n) is 15.8. The van der Waals surface area contributed by atoms with Gasteiger partial charge in [0.1, 0.15) is 5.39 Å². The van der Waals surface area contributed by atoms with E-state index in [1.807, 2.05) is 30.0 Å². The van der Waals surface area contributed by atoms with Crippen LogP contribution in [0.4, 0.5) is 5.95 Å². The minimum Gasteiger partial charge on any atom is -0.382 e. The second-order valence-electron chi connectivity index (χ2n) is 6.86. The molecule has 4 rings (SSSR count). The highest BCUT2D eigenvalue weighted by molar-refractivity contribution is 9.10. The fraction of sp³-hybridized carbons (Fsp3) is 0.421. The zero-order valence-corrected chi connectivity index (χ0v) is 17.4. The van der Waals surface area contributed by atoms with E-state index in [-0.39, 0.29) is 11.7 Å². The number of ether oxygens (including phenoxy) is 2. The maximum atomic E-state index is 12.6. The van der Waals surface area contributed by atoms with Crippen LogP contribution >= 0.6 is 15.9 Å². The Kier molecular flexibility index (Phi) is 5.47. The van der Waals surface area contributed by atoms with E-state index in [0.717, 1.165) is 28.7 Å². The third-order valence-corrected chi connectivity index (χ3v) is 5.36. The summed E-state index contributed by atoms with van der Waals surface area (Å²) < 4.78 is 13.7. The van der Waals surface area contributed by atoms with Crippen molar-refractivity contribution in [3.05, 3.63) is 44.8 Å². The van der Waals surface area contributed by atoms with Gasteiger partial charge in [0.25, 0.3) is 5.56 Å². The van der Waals surface area contributed by atoms with Gasteiger partial charge in [-0.1, -0.05) is 15.9 Å². The van der Waals surface area contributed by atoms with Crippen molar-refractivity contribution in [2.24, 2.45) is 0 Å². The number of rotatable bonds is 4. The van der Waals surface area contributed by atoms with Crippen LogP contribution in [0.2, 0.25) is 0 Å². The van der Waals surface area contributed by atoms with E-state index >= 15 is 0 Å². The summed E-state index contributed by atoms with van der Waals surface area (Å²) in [6.07, 6.45) is 2.59. The van der Waals surface area contributed by atoms with E-state index in [2.05, 4.69) is 31.0 Å². The van der Waals surface area contributed by atoms with Crippen LogP contribution in [-0.4, -0.2) is 59.3 Å². The molecule has 0 radical (unpaired) electrons. The number of benzene rings is 1. The van der Waals surface area contributed by atoms with Crippen LogP contribution < -0.4 is 10.5 Å². The molecular weight excluding hydrogens is 426 g/mol. The molecule has 0 saturated carbocycles. The molecule has 1 aromatic carbocycles. The van der Waals surface area contributed by atoms with Crippen LogP contribution in [0.25, 0.3) is 16.7 Å². The molecule has 1 aliphatic rings. The molecular formula is C19H22BrN5O3. The molecule has 3 heterocycles. The minimum absolute atomic E-state index is 0.0602. The maximum absolute atomic E-state index is 12.6. The maximum Gasteiger partial charge on any atom is 0.263 e. The summed E-state index contributed by atoms with van der Waals surface area (Å²) >= 11 is 3.47. The number of aromatic nitrogens is 4. The lowest BCUT2D eigenvalue weighted by molar-refractivity contribution is 0.00604. The average Bonchev–Trinajstić information content (AvgIpc) is 2.94. The molecule has 3 aromatic rings. The molecule has 9 heteroatoms. The highest BCUT2D eigenvalue weighted by atomic mass is 79.9. The van der Waals surface area contributed by atoms with Crippen molar-refractivity contribution in [2.45, 2.75) is 19.4 Å². The Balaban J connectivity index is 1.66. The van der Waals surface area contributed by atoms with E-state index in [0.29, 0.717) is 36.7 Å². The van der Waals surface area contributed by atoms with Crippen molar-refractivity contribution in [3.8, 4) is 5.69 Å². The van der Waals surface area contributed by atoms with Gasteiger partial charge in [-0.2, -0.15) is 4.98 Å². The van der Waals surface area contributed by atoms with Gasteiger partial charge >= 0.3 is 0 Å². The van der Waals surface area contributed by atoms with E-state index < -0.39 is 0 Å². The minimum atomic E-state index is -0.195. The van der Waals surface area contributed by atoms with Gasteiger partial charge in [0, 0.05) is 30.9 Å². The number of hydrogen-bond donors (Lipinski definition) is 1. The summed E-state index contributed by atoms with van der Waals surface area (Å²) in [4.78, 5) is 22.2. The third-order valence-electron chi connectivity index (χ3n) is 4.87. The van der Waals surface area contributed by atoms with E-state index in [9.17, 15) is 4.79 Å². The number of nitrogens with one attached hydrogen (secondary N) is 1. The first-order chi connectivity index (χ1) is 13.5. The summed E-state index contributed by atoms with van der Waals surface area (Å²) in [5.74, 6) is 0.525. The standard InChI is InChI=1S/C19H22BrN5O3/c1-12-9-13(20)3-4-16(12)25-10-15-17(23-25)21-19(22-18(15)26)24-6-5-14(11-27-2)28-8-7-24/h3-4,9-10,14H,5-8,11H2,1-2H3,(H,21,22,23,26)/t14-/m1/s1. The molecule has 1 atom stereocenters. The topological polar surface area (TPSA) is 85.3 Å². The Labute approximate surface area is 170 Å². The van der Waals surface area contributed by atoms with E-state index in [4.69, 9.17) is 9.47 Å². The van der Waals surface area contributed by atoms with Gasteiger partial charge in [0.15, 0.2) is 5.65 Å². The highest BCUT2D eigenvalue weighted by Gasteiger charge is 2.20. The van der Waals surface area contributed by atoms with Crippen LogP contribution in [0, 0.1) is 6.92 Å². The van der Waals surface area contributed by atoms with E-state index in [1.165, 1.54) is 0 Å². The van der Waals surface area contributed by atoms with Gasteiger partial charge in [-0.25, -0.2) is 4.68 Å². The molecule has 1 fully saturated rings. The Bertz CT molecular complexity index is 1050. The van der Waals surface area contributed by atoms with Crippen molar-refractivity contribution in [2.75, 3.05) is 38.3 Å². The zero-order chi connectivity index (χ0) is 19.7. The summed E-state index contributed by atoms with van der Waals surface area (Å²) in [7, 11) is 1.67. The lowest BCUT2D eigenvalue weighted by atomic mass is 10.2. The molecule has 1 aliphatic heterocycles. The number of H-pyrrole nitrogens is 1. The van der Waals surface area contributed by atoms with Gasteiger partial charge in [-0.05, 0) is 37.1 Å². The fourth-order valence-electron chi connectivity index (χ4n) is 3.41. The summed E-state index contributed by atoms with van der Waals surface area (Å²) in [6.45, 7) is 4.51. The molecule has 148 valence electrons. The van der Waals surface area contributed by atoms with Gasteiger partial charge in [0.05, 0.1) is 25.0 Å². The second kappa shape index (κ2) is 8.02. The molecule has 0 aliphatic carbocycles. The number of nitrogens with zero attached hydrogens (tertiary/aromatic N) is 4. The molecule has 8 nitrogen and oxygen atoms in total. The predicted molar refractivity (Wildman–Crippen MR) is 110 cm³/mol. The van der Waals surface area contributed by atoms with Crippen molar-refractivity contribution in [1.29, 1.82) is 0 Å². The number of methoxy groups -OCH3 is 1. The number of hydrogen-bond acceptors (Lipinski definition) is 6. The number of fused-ring (bicyclic) bond motifs is 1.